The maximum absolute atomic E-state index is 6.01. The van der Waals surface area contributed by atoms with Crippen LogP contribution in [0.3, 0.4) is 0 Å². The predicted molar refractivity (Wildman–Crippen MR) is 135 cm³/mol. The summed E-state index contributed by atoms with van der Waals surface area (Å²) in [7, 11) is 0. The molecule has 1 heterocycles. The Morgan fingerprint density at radius 1 is 0.750 bits per heavy atom. The molecule has 0 amide bonds. The van der Waals surface area contributed by atoms with E-state index in [1.807, 2.05) is 24.5 Å². The van der Waals surface area contributed by atoms with E-state index in [9.17, 15) is 0 Å². The van der Waals surface area contributed by atoms with Crippen LogP contribution in [0.5, 0.6) is 5.75 Å². The molecule has 1 fully saturated rings. The van der Waals surface area contributed by atoms with E-state index in [4.69, 9.17) is 4.74 Å². The molecule has 3 rings (SSSR count). The molecule has 0 spiro atoms. The molecule has 1 saturated carbocycles. The summed E-state index contributed by atoms with van der Waals surface area (Å²) >= 11 is 0. The quantitative estimate of drug-likeness (QED) is 0.279. The monoisotopic (exact) mass is 436 g/mol. The zero-order valence-corrected chi connectivity index (χ0v) is 20.5. The highest BCUT2D eigenvalue weighted by molar-refractivity contribution is 5.55. The molecule has 1 aromatic carbocycles. The maximum Gasteiger partial charge on any atom is 0.159 e. The van der Waals surface area contributed by atoms with Crippen LogP contribution in [0.15, 0.2) is 36.7 Å². The molecule has 1 aliphatic carbocycles. The lowest BCUT2D eigenvalue weighted by Gasteiger charge is -2.28. The van der Waals surface area contributed by atoms with Crippen LogP contribution >= 0.6 is 0 Å². The molecule has 0 aliphatic heterocycles. The summed E-state index contributed by atoms with van der Waals surface area (Å²) in [4.78, 5) is 9.07. The van der Waals surface area contributed by atoms with E-state index >= 15 is 0 Å². The van der Waals surface area contributed by atoms with Crippen molar-refractivity contribution in [2.45, 2.75) is 104 Å². The first-order valence-electron chi connectivity index (χ1n) is 13.3. The molecule has 0 unspecified atom stereocenters. The molecule has 32 heavy (non-hydrogen) atoms. The molecule has 3 nitrogen and oxygen atoms in total. The van der Waals surface area contributed by atoms with Crippen molar-refractivity contribution < 1.29 is 4.74 Å². The molecule has 0 atom stereocenters. The first-order chi connectivity index (χ1) is 15.8. The van der Waals surface area contributed by atoms with Gasteiger partial charge in [0.05, 0.1) is 6.61 Å². The Hall–Kier alpha value is -1.90. The van der Waals surface area contributed by atoms with Gasteiger partial charge in [0.2, 0.25) is 0 Å². The van der Waals surface area contributed by atoms with E-state index in [1.165, 1.54) is 82.6 Å². The Balaban J connectivity index is 1.31. The van der Waals surface area contributed by atoms with Gasteiger partial charge in [-0.2, -0.15) is 0 Å². The van der Waals surface area contributed by atoms with Crippen molar-refractivity contribution in [1.29, 1.82) is 0 Å². The van der Waals surface area contributed by atoms with Gasteiger partial charge in [-0.15, -0.1) is 0 Å². The number of ether oxygens (including phenoxy) is 1. The Morgan fingerprint density at radius 3 is 2.00 bits per heavy atom. The molecule has 0 saturated heterocycles. The Kier molecular flexibility index (Phi) is 11.0. The number of unbranched alkanes of at least 4 members (excludes halogenated alkanes) is 4. The van der Waals surface area contributed by atoms with E-state index in [-0.39, 0.29) is 0 Å². The number of rotatable bonds is 14. The summed E-state index contributed by atoms with van der Waals surface area (Å²) in [5, 5.41) is 0. The highest BCUT2D eigenvalue weighted by Gasteiger charge is 2.20. The standard InChI is InChI=1S/C29H44N2O/c1-3-5-7-8-11-24-13-15-25(16-14-24)12-9-21-32-28-19-17-27(18-20-28)29-30-22-26(23-31-29)10-6-4-2/h17-20,22-25H,3-16,21H2,1-2H3/t24-,25-. The largest absolute Gasteiger partial charge is 0.494 e. The van der Waals surface area contributed by atoms with Gasteiger partial charge in [0.15, 0.2) is 5.82 Å². The van der Waals surface area contributed by atoms with E-state index in [0.717, 1.165) is 48.4 Å². The minimum atomic E-state index is 0.790. The normalized spacial score (nSPS) is 18.6. The topological polar surface area (TPSA) is 35.0 Å². The van der Waals surface area contributed by atoms with Crippen molar-refractivity contribution in [2.24, 2.45) is 11.8 Å². The van der Waals surface area contributed by atoms with Gasteiger partial charge in [-0.25, -0.2) is 9.97 Å². The van der Waals surface area contributed by atoms with Crippen LogP contribution in [0, 0.1) is 11.8 Å². The summed E-state index contributed by atoms with van der Waals surface area (Å²) in [6, 6.07) is 8.23. The second-order valence-electron chi connectivity index (χ2n) is 9.77. The van der Waals surface area contributed by atoms with Gasteiger partial charge in [0.1, 0.15) is 5.75 Å². The van der Waals surface area contributed by atoms with E-state index < -0.39 is 0 Å². The Bertz CT molecular complexity index is 733. The number of nitrogens with zero attached hydrogens (tertiary/aromatic N) is 2. The summed E-state index contributed by atoms with van der Waals surface area (Å²) in [5.41, 5.74) is 2.27. The van der Waals surface area contributed by atoms with Crippen LogP contribution in [0.4, 0.5) is 0 Å². The number of hydrogen-bond acceptors (Lipinski definition) is 3. The maximum atomic E-state index is 6.01. The second-order valence-corrected chi connectivity index (χ2v) is 9.77. The van der Waals surface area contributed by atoms with Crippen LogP contribution in [-0.2, 0) is 6.42 Å². The molecular formula is C29H44N2O. The second kappa shape index (κ2) is 14.3. The highest BCUT2D eigenvalue weighted by Crippen LogP contribution is 2.34. The summed E-state index contributed by atoms with van der Waals surface area (Å²) in [6.45, 7) is 5.33. The van der Waals surface area contributed by atoms with Crippen molar-refractivity contribution in [3.05, 3.63) is 42.2 Å². The fourth-order valence-corrected chi connectivity index (χ4v) is 4.94. The van der Waals surface area contributed by atoms with Crippen LogP contribution in [0.25, 0.3) is 11.4 Å². The molecule has 176 valence electrons. The lowest BCUT2D eigenvalue weighted by atomic mass is 9.78. The van der Waals surface area contributed by atoms with Crippen molar-refractivity contribution in [3.63, 3.8) is 0 Å². The number of aromatic nitrogens is 2. The zero-order valence-electron chi connectivity index (χ0n) is 20.5. The predicted octanol–water partition coefficient (Wildman–Crippen LogP) is 8.42. The minimum absolute atomic E-state index is 0.790. The third-order valence-corrected chi connectivity index (χ3v) is 7.09. The average Bonchev–Trinajstić information content (AvgIpc) is 2.85. The van der Waals surface area contributed by atoms with Crippen molar-refractivity contribution in [2.75, 3.05) is 6.61 Å². The molecule has 2 aromatic rings. The summed E-state index contributed by atoms with van der Waals surface area (Å²) in [6.07, 6.45) is 22.8. The van der Waals surface area contributed by atoms with Crippen LogP contribution in [0.2, 0.25) is 0 Å². The molecule has 1 aliphatic rings. The first-order valence-corrected chi connectivity index (χ1v) is 13.3. The minimum Gasteiger partial charge on any atom is -0.494 e. The number of hydrogen-bond donors (Lipinski definition) is 0. The van der Waals surface area contributed by atoms with Crippen molar-refractivity contribution in [3.8, 4) is 17.1 Å². The summed E-state index contributed by atoms with van der Waals surface area (Å²) < 4.78 is 6.01. The van der Waals surface area contributed by atoms with Crippen LogP contribution in [-0.4, -0.2) is 16.6 Å². The first kappa shape index (κ1) is 24.7. The lowest BCUT2D eigenvalue weighted by molar-refractivity contribution is 0.228. The molecule has 0 radical (unpaired) electrons. The van der Waals surface area contributed by atoms with Gasteiger partial charge in [-0.1, -0.05) is 78.1 Å². The molecule has 1 aromatic heterocycles. The van der Waals surface area contributed by atoms with Gasteiger partial charge >= 0.3 is 0 Å². The van der Waals surface area contributed by atoms with E-state index in [0.29, 0.717) is 0 Å². The van der Waals surface area contributed by atoms with E-state index in [2.05, 4.69) is 35.9 Å². The van der Waals surface area contributed by atoms with Crippen molar-refractivity contribution in [1.82, 2.24) is 9.97 Å². The molecular weight excluding hydrogens is 392 g/mol. The van der Waals surface area contributed by atoms with Crippen LogP contribution in [0.1, 0.15) is 103 Å². The molecule has 3 heteroatoms. The van der Waals surface area contributed by atoms with Gasteiger partial charge in [0.25, 0.3) is 0 Å². The highest BCUT2D eigenvalue weighted by atomic mass is 16.5. The van der Waals surface area contributed by atoms with Gasteiger partial charge in [0, 0.05) is 18.0 Å². The van der Waals surface area contributed by atoms with Gasteiger partial charge in [-0.05, 0) is 67.3 Å². The Morgan fingerprint density at radius 2 is 1.38 bits per heavy atom. The van der Waals surface area contributed by atoms with E-state index in [1.54, 1.807) is 0 Å². The SMILES string of the molecule is CCCCCC[C@H]1CC[C@H](CCCOc2ccc(-c3ncc(CCCC)cn3)cc2)CC1. The third-order valence-electron chi connectivity index (χ3n) is 7.09. The summed E-state index contributed by atoms with van der Waals surface area (Å²) in [5.74, 6) is 3.67. The number of aryl methyl sites for hydroxylation is 1. The zero-order chi connectivity index (χ0) is 22.4. The fraction of sp³-hybridized carbons (Fsp3) is 0.655. The smallest absolute Gasteiger partial charge is 0.159 e. The van der Waals surface area contributed by atoms with Crippen molar-refractivity contribution >= 4 is 0 Å². The van der Waals surface area contributed by atoms with Gasteiger partial charge in [-0.3, -0.25) is 0 Å². The average molecular weight is 437 g/mol. The number of benzene rings is 1. The molecule has 0 N–H and O–H groups in total. The van der Waals surface area contributed by atoms with Crippen LogP contribution < -0.4 is 4.74 Å². The Labute approximate surface area is 196 Å². The van der Waals surface area contributed by atoms with Gasteiger partial charge < -0.3 is 4.74 Å². The molecule has 0 bridgehead atoms. The third kappa shape index (κ3) is 8.56. The fourth-order valence-electron chi connectivity index (χ4n) is 4.94. The lowest BCUT2D eigenvalue weighted by Crippen LogP contribution is -2.15.